The number of anilines is 1. The third kappa shape index (κ3) is 1.62. The number of aromatic nitrogens is 5. The minimum absolute atomic E-state index is 0.183. The van der Waals surface area contributed by atoms with E-state index >= 15 is 0 Å². The Bertz CT molecular complexity index is 1080. The Kier molecular flexibility index (Phi) is 2.50. The molecule has 0 aliphatic rings. The molecule has 0 unspecified atom stereocenters. The lowest BCUT2D eigenvalue weighted by Crippen LogP contribution is -2.21. The van der Waals surface area contributed by atoms with Gasteiger partial charge in [0.15, 0.2) is 0 Å². The summed E-state index contributed by atoms with van der Waals surface area (Å²) >= 11 is 0. The molecule has 0 atom stereocenters. The van der Waals surface area contributed by atoms with E-state index in [4.69, 9.17) is 5.73 Å². The molecule has 4 rings (SSSR count). The van der Waals surface area contributed by atoms with Gasteiger partial charge in [-0.25, -0.2) is 4.98 Å². The van der Waals surface area contributed by atoms with Gasteiger partial charge in [0, 0.05) is 6.20 Å². The Balaban J connectivity index is 2.15. The fraction of sp³-hybridized carbons (Fsp3) is 0.0667. The van der Waals surface area contributed by atoms with Gasteiger partial charge in [0.05, 0.1) is 28.0 Å². The van der Waals surface area contributed by atoms with Crippen molar-refractivity contribution in [2.24, 2.45) is 0 Å². The van der Waals surface area contributed by atoms with Gasteiger partial charge in [0.2, 0.25) is 0 Å². The predicted octanol–water partition coefficient (Wildman–Crippen LogP) is 1.32. The Morgan fingerprint density at radius 1 is 1.18 bits per heavy atom. The van der Waals surface area contributed by atoms with Crippen molar-refractivity contribution in [1.29, 1.82) is 0 Å². The SMILES string of the molecule is Cc1nc2ncnn2c2ccn(-c3ccccc3N)c(=O)c12. The average molecular weight is 292 g/mol. The molecule has 3 aromatic heterocycles. The summed E-state index contributed by atoms with van der Waals surface area (Å²) in [5.74, 6) is 0.473. The van der Waals surface area contributed by atoms with Crippen molar-refractivity contribution >= 4 is 22.4 Å². The highest BCUT2D eigenvalue weighted by Crippen LogP contribution is 2.18. The second-order valence-electron chi connectivity index (χ2n) is 4.98. The molecular formula is C15H12N6O. The second-order valence-corrected chi connectivity index (χ2v) is 4.98. The van der Waals surface area contributed by atoms with Crippen LogP contribution in [0.25, 0.3) is 22.4 Å². The number of fused-ring (bicyclic) bond motifs is 3. The number of pyridine rings is 1. The van der Waals surface area contributed by atoms with E-state index in [0.29, 0.717) is 33.7 Å². The molecule has 0 spiro atoms. The number of benzene rings is 1. The normalized spacial score (nSPS) is 11.3. The summed E-state index contributed by atoms with van der Waals surface area (Å²) in [5, 5.41) is 4.62. The van der Waals surface area contributed by atoms with Crippen molar-refractivity contribution in [2.75, 3.05) is 5.73 Å². The van der Waals surface area contributed by atoms with Crippen molar-refractivity contribution in [2.45, 2.75) is 6.92 Å². The molecule has 0 aliphatic carbocycles. The number of para-hydroxylation sites is 2. The van der Waals surface area contributed by atoms with Gasteiger partial charge in [0.1, 0.15) is 6.33 Å². The lowest BCUT2D eigenvalue weighted by atomic mass is 10.2. The summed E-state index contributed by atoms with van der Waals surface area (Å²) in [6, 6.07) is 9.06. The van der Waals surface area contributed by atoms with E-state index < -0.39 is 0 Å². The van der Waals surface area contributed by atoms with E-state index in [1.165, 1.54) is 10.9 Å². The van der Waals surface area contributed by atoms with E-state index in [1.54, 1.807) is 29.8 Å². The lowest BCUT2D eigenvalue weighted by Gasteiger charge is -2.11. The number of hydrogen-bond acceptors (Lipinski definition) is 5. The monoisotopic (exact) mass is 292 g/mol. The fourth-order valence-electron chi connectivity index (χ4n) is 2.63. The van der Waals surface area contributed by atoms with Crippen LogP contribution in [-0.4, -0.2) is 24.1 Å². The van der Waals surface area contributed by atoms with E-state index in [0.717, 1.165) is 0 Å². The first-order chi connectivity index (χ1) is 10.7. The van der Waals surface area contributed by atoms with Crippen LogP contribution in [0.1, 0.15) is 5.69 Å². The van der Waals surface area contributed by atoms with Crippen molar-refractivity contribution in [1.82, 2.24) is 24.1 Å². The first-order valence-corrected chi connectivity index (χ1v) is 6.73. The van der Waals surface area contributed by atoms with Crippen LogP contribution >= 0.6 is 0 Å². The maximum absolute atomic E-state index is 12.9. The number of rotatable bonds is 1. The summed E-state index contributed by atoms with van der Waals surface area (Å²) in [7, 11) is 0. The molecule has 3 heterocycles. The summed E-state index contributed by atoms with van der Waals surface area (Å²) in [5.41, 5.74) is 8.27. The van der Waals surface area contributed by atoms with Crippen LogP contribution in [0.2, 0.25) is 0 Å². The minimum atomic E-state index is -0.183. The summed E-state index contributed by atoms with van der Waals surface area (Å²) in [4.78, 5) is 21.3. The maximum atomic E-state index is 12.9. The van der Waals surface area contributed by atoms with Crippen molar-refractivity contribution < 1.29 is 0 Å². The molecule has 4 aromatic rings. The van der Waals surface area contributed by atoms with Crippen LogP contribution in [-0.2, 0) is 0 Å². The highest BCUT2D eigenvalue weighted by molar-refractivity contribution is 5.82. The summed E-state index contributed by atoms with van der Waals surface area (Å²) in [6.45, 7) is 1.79. The molecule has 7 nitrogen and oxygen atoms in total. The van der Waals surface area contributed by atoms with Crippen LogP contribution < -0.4 is 11.3 Å². The van der Waals surface area contributed by atoms with Gasteiger partial charge in [-0.2, -0.15) is 14.6 Å². The number of nitrogens with two attached hydrogens (primary N) is 1. The minimum Gasteiger partial charge on any atom is -0.397 e. The molecule has 0 saturated heterocycles. The van der Waals surface area contributed by atoms with Crippen LogP contribution in [0, 0.1) is 6.92 Å². The molecule has 108 valence electrons. The molecule has 0 aliphatic heterocycles. The van der Waals surface area contributed by atoms with Gasteiger partial charge in [-0.05, 0) is 25.1 Å². The third-order valence-electron chi connectivity index (χ3n) is 3.65. The van der Waals surface area contributed by atoms with Crippen LogP contribution in [0.15, 0.2) is 47.7 Å². The zero-order valence-corrected chi connectivity index (χ0v) is 11.8. The first kappa shape index (κ1) is 12.5. The van der Waals surface area contributed by atoms with Crippen LogP contribution in [0.5, 0.6) is 0 Å². The third-order valence-corrected chi connectivity index (χ3v) is 3.65. The molecule has 1 aromatic carbocycles. The van der Waals surface area contributed by atoms with Gasteiger partial charge in [-0.1, -0.05) is 12.1 Å². The smallest absolute Gasteiger partial charge is 0.266 e. The number of nitrogen functional groups attached to an aromatic ring is 1. The molecule has 0 bridgehead atoms. The van der Waals surface area contributed by atoms with E-state index in [-0.39, 0.29) is 5.56 Å². The Morgan fingerprint density at radius 3 is 2.82 bits per heavy atom. The molecule has 0 amide bonds. The van der Waals surface area contributed by atoms with Crippen molar-refractivity contribution in [3.05, 3.63) is 58.9 Å². The molecule has 0 fully saturated rings. The first-order valence-electron chi connectivity index (χ1n) is 6.73. The largest absolute Gasteiger partial charge is 0.397 e. The van der Waals surface area contributed by atoms with E-state index in [9.17, 15) is 4.79 Å². The van der Waals surface area contributed by atoms with Crippen LogP contribution in [0.4, 0.5) is 5.69 Å². The molecule has 22 heavy (non-hydrogen) atoms. The standard InChI is InChI=1S/C15H12N6O/c1-9-13-12(21-15(19-9)17-8-18-21)6-7-20(14(13)22)11-5-3-2-4-10(11)16/h2-8H,16H2,1H3. The highest BCUT2D eigenvalue weighted by Gasteiger charge is 2.13. The van der Waals surface area contributed by atoms with Gasteiger partial charge >= 0.3 is 0 Å². The van der Waals surface area contributed by atoms with Crippen molar-refractivity contribution in [3.8, 4) is 5.69 Å². The molecule has 7 heteroatoms. The zero-order chi connectivity index (χ0) is 15.3. The van der Waals surface area contributed by atoms with Gasteiger partial charge in [-0.3, -0.25) is 9.36 Å². The summed E-state index contributed by atoms with van der Waals surface area (Å²) < 4.78 is 3.08. The Labute approximate surface area is 124 Å². The maximum Gasteiger partial charge on any atom is 0.266 e. The molecule has 2 N–H and O–H groups in total. The fourth-order valence-corrected chi connectivity index (χ4v) is 2.63. The van der Waals surface area contributed by atoms with Gasteiger partial charge in [-0.15, -0.1) is 0 Å². The molecular weight excluding hydrogens is 280 g/mol. The quantitative estimate of drug-likeness (QED) is 0.534. The average Bonchev–Trinajstić information content (AvgIpc) is 2.96. The highest BCUT2D eigenvalue weighted by atomic mass is 16.1. The Morgan fingerprint density at radius 2 is 2.00 bits per heavy atom. The topological polar surface area (TPSA) is 91.1 Å². The molecule has 0 saturated carbocycles. The number of aryl methyl sites for hydroxylation is 1. The number of hydrogen-bond donors (Lipinski definition) is 1. The Hall–Kier alpha value is -3.22. The second kappa shape index (κ2) is 4.39. The van der Waals surface area contributed by atoms with Gasteiger partial charge in [0.25, 0.3) is 11.3 Å². The van der Waals surface area contributed by atoms with Crippen molar-refractivity contribution in [3.63, 3.8) is 0 Å². The lowest BCUT2D eigenvalue weighted by molar-refractivity contribution is 0.950. The number of nitrogens with zero attached hydrogens (tertiary/aromatic N) is 5. The predicted molar refractivity (Wildman–Crippen MR) is 83.0 cm³/mol. The van der Waals surface area contributed by atoms with E-state index in [1.807, 2.05) is 18.2 Å². The van der Waals surface area contributed by atoms with E-state index in [2.05, 4.69) is 15.1 Å². The van der Waals surface area contributed by atoms with Crippen LogP contribution in [0.3, 0.4) is 0 Å². The summed E-state index contributed by atoms with van der Waals surface area (Å²) in [6.07, 6.45) is 3.11. The molecule has 0 radical (unpaired) electrons. The zero-order valence-electron chi connectivity index (χ0n) is 11.8. The van der Waals surface area contributed by atoms with Gasteiger partial charge < -0.3 is 5.73 Å².